The molecule has 2 rings (SSSR count). The van der Waals surface area contributed by atoms with Gasteiger partial charge >= 0.3 is 0 Å². The lowest BCUT2D eigenvalue weighted by molar-refractivity contribution is 0.112. The number of thiazole rings is 1. The van der Waals surface area contributed by atoms with E-state index in [4.69, 9.17) is 4.74 Å². The predicted octanol–water partition coefficient (Wildman–Crippen LogP) is 2.67. The number of carbonyl (C=O) groups excluding carboxylic acids is 1. The van der Waals surface area contributed by atoms with Crippen molar-refractivity contribution in [2.45, 2.75) is 6.61 Å². The molecule has 0 amide bonds. The van der Waals surface area contributed by atoms with E-state index < -0.39 is 5.82 Å². The van der Waals surface area contributed by atoms with Gasteiger partial charge in [-0.15, -0.1) is 11.3 Å². The molecule has 0 unspecified atom stereocenters. The highest BCUT2D eigenvalue weighted by Gasteiger charge is 2.05. The summed E-state index contributed by atoms with van der Waals surface area (Å²) >= 11 is 1.44. The zero-order chi connectivity index (χ0) is 11.4. The van der Waals surface area contributed by atoms with E-state index in [0.717, 1.165) is 11.1 Å². The Bertz CT molecular complexity index is 485. The number of carbonyl (C=O) groups is 1. The lowest BCUT2D eigenvalue weighted by atomic mass is 10.2. The summed E-state index contributed by atoms with van der Waals surface area (Å²) in [6.07, 6.45) is 2.25. The second kappa shape index (κ2) is 4.85. The largest absolute Gasteiger partial charge is 0.483 e. The van der Waals surface area contributed by atoms with Crippen LogP contribution in [0.25, 0.3) is 0 Å². The minimum Gasteiger partial charge on any atom is -0.483 e. The minimum atomic E-state index is -0.541. The first-order valence-corrected chi connectivity index (χ1v) is 5.43. The molecule has 3 nitrogen and oxygen atoms in total. The number of halogens is 1. The molecule has 1 aromatic carbocycles. The molecule has 0 fully saturated rings. The number of hydrogen-bond donors (Lipinski definition) is 0. The summed E-state index contributed by atoms with van der Waals surface area (Å²) in [7, 11) is 0. The molecule has 0 saturated heterocycles. The molecule has 16 heavy (non-hydrogen) atoms. The van der Waals surface area contributed by atoms with Crippen LogP contribution >= 0.6 is 11.3 Å². The van der Waals surface area contributed by atoms with E-state index in [0.29, 0.717) is 11.8 Å². The monoisotopic (exact) mass is 237 g/mol. The second-order valence-electron chi connectivity index (χ2n) is 3.02. The van der Waals surface area contributed by atoms with E-state index in [1.807, 2.05) is 5.38 Å². The number of aromatic nitrogens is 1. The quantitative estimate of drug-likeness (QED) is 0.767. The Balaban J connectivity index is 2.07. The van der Waals surface area contributed by atoms with E-state index in [-0.39, 0.29) is 12.4 Å². The zero-order valence-corrected chi connectivity index (χ0v) is 9.04. The molecule has 5 heteroatoms. The van der Waals surface area contributed by atoms with Crippen LogP contribution in [-0.2, 0) is 6.61 Å². The molecule has 1 aromatic heterocycles. The van der Waals surface area contributed by atoms with Crippen molar-refractivity contribution < 1.29 is 13.9 Å². The predicted molar refractivity (Wildman–Crippen MR) is 58.2 cm³/mol. The summed E-state index contributed by atoms with van der Waals surface area (Å²) in [5.74, 6) is -0.415. The Morgan fingerprint density at radius 2 is 2.38 bits per heavy atom. The Hall–Kier alpha value is -1.75. The molecule has 0 aliphatic rings. The van der Waals surface area contributed by atoms with E-state index >= 15 is 0 Å². The van der Waals surface area contributed by atoms with Gasteiger partial charge in [0, 0.05) is 17.1 Å². The van der Waals surface area contributed by atoms with Crippen LogP contribution in [0, 0.1) is 5.82 Å². The van der Waals surface area contributed by atoms with Gasteiger partial charge in [0.2, 0.25) is 0 Å². The summed E-state index contributed by atoms with van der Waals surface area (Å²) in [5.41, 5.74) is 0.291. The minimum absolute atomic E-state index is 0.126. The first-order chi connectivity index (χ1) is 7.79. The summed E-state index contributed by atoms with van der Waals surface area (Å²) in [6, 6.07) is 4.09. The number of ether oxygens (including phenoxy) is 1. The average molecular weight is 237 g/mol. The Labute approximate surface area is 95.5 Å². The maximum absolute atomic E-state index is 13.4. The van der Waals surface area contributed by atoms with Crippen LogP contribution in [0.5, 0.6) is 5.75 Å². The van der Waals surface area contributed by atoms with Gasteiger partial charge in [0.05, 0.1) is 0 Å². The van der Waals surface area contributed by atoms with Crippen molar-refractivity contribution in [2.24, 2.45) is 0 Å². The van der Waals surface area contributed by atoms with Gasteiger partial charge in [-0.05, 0) is 18.2 Å². The fourth-order valence-electron chi connectivity index (χ4n) is 1.17. The molecule has 2 aromatic rings. The Kier molecular flexibility index (Phi) is 3.26. The molecule has 0 spiro atoms. The van der Waals surface area contributed by atoms with Crippen molar-refractivity contribution in [1.29, 1.82) is 0 Å². The van der Waals surface area contributed by atoms with Crippen LogP contribution in [0.4, 0.5) is 4.39 Å². The highest BCUT2D eigenvalue weighted by atomic mass is 32.1. The van der Waals surface area contributed by atoms with Gasteiger partial charge in [-0.2, -0.15) is 0 Å². The number of rotatable bonds is 4. The lowest BCUT2D eigenvalue weighted by Crippen LogP contribution is -1.97. The van der Waals surface area contributed by atoms with E-state index in [1.165, 1.54) is 23.5 Å². The molecule has 1 heterocycles. The van der Waals surface area contributed by atoms with E-state index in [2.05, 4.69) is 4.98 Å². The first kappa shape index (κ1) is 10.8. The molecule has 82 valence electrons. The molecular weight excluding hydrogens is 229 g/mol. The average Bonchev–Trinajstić information content (AvgIpc) is 2.80. The van der Waals surface area contributed by atoms with Crippen molar-refractivity contribution >= 4 is 17.6 Å². The van der Waals surface area contributed by atoms with Crippen LogP contribution in [-0.4, -0.2) is 11.3 Å². The van der Waals surface area contributed by atoms with E-state index in [1.54, 1.807) is 6.20 Å². The number of aldehydes is 1. The molecule has 0 N–H and O–H groups in total. The normalized spacial score (nSPS) is 10.1. The fourth-order valence-corrected chi connectivity index (χ4v) is 1.70. The van der Waals surface area contributed by atoms with Gasteiger partial charge in [-0.3, -0.25) is 4.79 Å². The first-order valence-electron chi connectivity index (χ1n) is 4.55. The molecular formula is C11H8FNO2S. The number of hydrogen-bond acceptors (Lipinski definition) is 4. The maximum atomic E-state index is 13.4. The molecule has 0 aliphatic carbocycles. The second-order valence-corrected chi connectivity index (χ2v) is 4.00. The SMILES string of the molecule is O=Cc1ccc(OCc2nccs2)c(F)c1. The molecule has 0 bridgehead atoms. The molecule has 0 saturated carbocycles. The van der Waals surface area contributed by atoms with Crippen molar-refractivity contribution in [2.75, 3.05) is 0 Å². The van der Waals surface area contributed by atoms with Crippen molar-refractivity contribution in [3.8, 4) is 5.75 Å². The Morgan fingerprint density at radius 3 is 3.00 bits per heavy atom. The van der Waals surface area contributed by atoms with Crippen molar-refractivity contribution in [3.05, 3.63) is 46.2 Å². The Morgan fingerprint density at radius 1 is 1.50 bits per heavy atom. The van der Waals surface area contributed by atoms with Crippen LogP contribution in [0.15, 0.2) is 29.8 Å². The van der Waals surface area contributed by atoms with Crippen LogP contribution in [0.1, 0.15) is 15.4 Å². The molecule has 0 atom stereocenters. The van der Waals surface area contributed by atoms with Gasteiger partial charge in [0.25, 0.3) is 0 Å². The summed E-state index contributed by atoms with van der Waals surface area (Å²) in [4.78, 5) is 14.4. The van der Waals surface area contributed by atoms with Gasteiger partial charge in [0.1, 0.15) is 17.9 Å². The third kappa shape index (κ3) is 2.43. The van der Waals surface area contributed by atoms with Gasteiger partial charge < -0.3 is 4.74 Å². The van der Waals surface area contributed by atoms with Gasteiger partial charge in [0.15, 0.2) is 11.6 Å². The third-order valence-corrected chi connectivity index (χ3v) is 2.68. The topological polar surface area (TPSA) is 39.2 Å². The van der Waals surface area contributed by atoms with E-state index in [9.17, 15) is 9.18 Å². The van der Waals surface area contributed by atoms with Crippen LogP contribution in [0.2, 0.25) is 0 Å². The third-order valence-electron chi connectivity index (χ3n) is 1.93. The lowest BCUT2D eigenvalue weighted by Gasteiger charge is -2.05. The standard InChI is InChI=1S/C11H8FNO2S/c12-9-5-8(6-14)1-2-10(9)15-7-11-13-3-4-16-11/h1-6H,7H2. The number of benzene rings is 1. The fraction of sp³-hybridized carbons (Fsp3) is 0.0909. The summed E-state index contributed by atoms with van der Waals surface area (Å²) in [6.45, 7) is 0.231. The van der Waals surface area contributed by atoms with Crippen LogP contribution < -0.4 is 4.74 Å². The highest BCUT2D eigenvalue weighted by Crippen LogP contribution is 2.19. The smallest absolute Gasteiger partial charge is 0.165 e. The maximum Gasteiger partial charge on any atom is 0.165 e. The zero-order valence-electron chi connectivity index (χ0n) is 8.22. The molecule has 0 radical (unpaired) electrons. The summed E-state index contributed by atoms with van der Waals surface area (Å²) < 4.78 is 18.6. The number of nitrogens with zero attached hydrogens (tertiary/aromatic N) is 1. The van der Waals surface area contributed by atoms with Crippen LogP contribution in [0.3, 0.4) is 0 Å². The van der Waals surface area contributed by atoms with Crippen molar-refractivity contribution in [1.82, 2.24) is 4.98 Å². The highest BCUT2D eigenvalue weighted by molar-refractivity contribution is 7.09. The summed E-state index contributed by atoms with van der Waals surface area (Å²) in [5, 5.41) is 2.60. The molecule has 0 aliphatic heterocycles. The van der Waals surface area contributed by atoms with Crippen molar-refractivity contribution in [3.63, 3.8) is 0 Å². The van der Waals surface area contributed by atoms with Gasteiger partial charge in [-0.1, -0.05) is 0 Å². The van der Waals surface area contributed by atoms with Gasteiger partial charge in [-0.25, -0.2) is 9.37 Å².